The Hall–Kier alpha value is -2.02. The van der Waals surface area contributed by atoms with Crippen molar-refractivity contribution in [1.29, 1.82) is 0 Å². The monoisotopic (exact) mass is 384 g/mol. The number of pyridine rings is 1. The number of hydrogen-bond acceptors (Lipinski definition) is 6. The molecule has 2 fully saturated rings. The maximum Gasteiger partial charge on any atom is 0.340 e. The molecule has 2 aliphatic heterocycles. The molecule has 6 heteroatoms. The predicted molar refractivity (Wildman–Crippen MR) is 106 cm³/mol. The number of ether oxygens (including phenoxy) is 3. The Kier molecular flexibility index (Phi) is 5.90. The second kappa shape index (κ2) is 8.55. The molecule has 28 heavy (non-hydrogen) atoms. The molecule has 2 aliphatic rings. The number of carbonyl (C=O) groups excluding carboxylic acids is 1. The van der Waals surface area contributed by atoms with Crippen LogP contribution in [0.1, 0.15) is 41.4 Å². The number of rotatable bonds is 5. The van der Waals surface area contributed by atoms with E-state index in [-0.39, 0.29) is 12.3 Å². The molecule has 0 amide bonds. The second-order valence-corrected chi connectivity index (χ2v) is 7.52. The van der Waals surface area contributed by atoms with Gasteiger partial charge in [-0.15, -0.1) is 0 Å². The lowest BCUT2D eigenvalue weighted by Gasteiger charge is -2.34. The number of carbonyl (C=O) groups is 1. The molecule has 0 spiro atoms. The van der Waals surface area contributed by atoms with E-state index < -0.39 is 0 Å². The van der Waals surface area contributed by atoms with Crippen molar-refractivity contribution in [3.63, 3.8) is 0 Å². The van der Waals surface area contributed by atoms with Crippen LogP contribution in [0.2, 0.25) is 0 Å². The third kappa shape index (κ3) is 3.90. The summed E-state index contributed by atoms with van der Waals surface area (Å²) in [5.74, 6) is 0.172. The van der Waals surface area contributed by atoms with Crippen LogP contribution in [-0.4, -0.2) is 55.1 Å². The van der Waals surface area contributed by atoms with Gasteiger partial charge in [0.05, 0.1) is 36.6 Å². The van der Waals surface area contributed by atoms with Crippen molar-refractivity contribution in [3.8, 4) is 0 Å². The zero-order valence-corrected chi connectivity index (χ0v) is 16.6. The molecule has 0 radical (unpaired) electrons. The lowest BCUT2D eigenvalue weighted by molar-refractivity contribution is -0.0978. The van der Waals surface area contributed by atoms with Gasteiger partial charge in [0.1, 0.15) is 0 Å². The van der Waals surface area contributed by atoms with Crippen molar-refractivity contribution in [2.45, 2.75) is 39.5 Å². The molecule has 0 N–H and O–H groups in total. The number of esters is 1. The minimum atomic E-state index is -0.282. The summed E-state index contributed by atoms with van der Waals surface area (Å²) in [5, 5.41) is 1.00. The molecule has 0 bridgehead atoms. The first-order chi connectivity index (χ1) is 13.7. The smallest absolute Gasteiger partial charge is 0.340 e. The Morgan fingerprint density at radius 3 is 2.64 bits per heavy atom. The molecule has 6 nitrogen and oxygen atoms in total. The van der Waals surface area contributed by atoms with E-state index in [1.54, 1.807) is 0 Å². The van der Waals surface area contributed by atoms with Crippen LogP contribution < -0.4 is 0 Å². The first-order valence-corrected chi connectivity index (χ1v) is 10.2. The van der Waals surface area contributed by atoms with Crippen molar-refractivity contribution < 1.29 is 19.0 Å². The Morgan fingerprint density at radius 1 is 1.21 bits per heavy atom. The zero-order chi connectivity index (χ0) is 19.5. The highest BCUT2D eigenvalue weighted by Crippen LogP contribution is 2.29. The first kappa shape index (κ1) is 19.3. The summed E-state index contributed by atoms with van der Waals surface area (Å²) in [4.78, 5) is 19.9. The summed E-state index contributed by atoms with van der Waals surface area (Å²) < 4.78 is 16.7. The van der Waals surface area contributed by atoms with E-state index in [4.69, 9.17) is 19.2 Å². The fourth-order valence-electron chi connectivity index (χ4n) is 4.27. The van der Waals surface area contributed by atoms with E-state index in [1.165, 1.54) is 0 Å². The number of nitrogens with zero attached hydrogens (tertiary/aromatic N) is 2. The van der Waals surface area contributed by atoms with E-state index in [9.17, 15) is 4.79 Å². The number of benzene rings is 1. The van der Waals surface area contributed by atoms with Crippen molar-refractivity contribution in [1.82, 2.24) is 9.88 Å². The van der Waals surface area contributed by atoms with Crippen LogP contribution in [-0.2, 0) is 20.8 Å². The first-order valence-electron chi connectivity index (χ1n) is 10.2. The summed E-state index contributed by atoms with van der Waals surface area (Å²) in [7, 11) is 0. The molecule has 4 rings (SSSR count). The third-order valence-electron chi connectivity index (χ3n) is 5.74. The molecular weight excluding hydrogens is 356 g/mol. The highest BCUT2D eigenvalue weighted by atomic mass is 16.7. The molecule has 2 saturated heterocycles. The van der Waals surface area contributed by atoms with Gasteiger partial charge in [-0.25, -0.2) is 4.79 Å². The standard InChI is InChI=1S/C22H28N2O4/c1-3-26-21(25)20-15(2)17-6-4-5-7-18(17)23-19(20)14-24-10-8-16(9-11-24)22-27-12-13-28-22/h4-7,16,22H,3,8-14H2,1-2H3. The van der Waals surface area contributed by atoms with Gasteiger partial charge >= 0.3 is 5.97 Å². The lowest BCUT2D eigenvalue weighted by Crippen LogP contribution is -2.38. The van der Waals surface area contributed by atoms with Crippen LogP contribution in [0.25, 0.3) is 10.9 Å². The van der Waals surface area contributed by atoms with Crippen LogP contribution in [0.3, 0.4) is 0 Å². The SMILES string of the molecule is CCOC(=O)c1c(CN2CCC(C3OCCO3)CC2)nc2ccccc2c1C. The molecule has 0 unspecified atom stereocenters. The minimum Gasteiger partial charge on any atom is -0.462 e. The van der Waals surface area contributed by atoms with Gasteiger partial charge in [0.15, 0.2) is 6.29 Å². The Labute approximate surface area is 165 Å². The molecule has 1 aromatic carbocycles. The van der Waals surface area contributed by atoms with Gasteiger partial charge in [0, 0.05) is 17.8 Å². The molecule has 150 valence electrons. The number of fused-ring (bicyclic) bond motifs is 1. The van der Waals surface area contributed by atoms with Crippen LogP contribution in [0.5, 0.6) is 0 Å². The van der Waals surface area contributed by atoms with Crippen molar-refractivity contribution in [3.05, 3.63) is 41.1 Å². The lowest BCUT2D eigenvalue weighted by atomic mass is 9.95. The predicted octanol–water partition coefficient (Wildman–Crippen LogP) is 3.30. The average molecular weight is 384 g/mol. The number of piperidine rings is 1. The third-order valence-corrected chi connectivity index (χ3v) is 5.74. The molecular formula is C22H28N2O4. The van der Waals surface area contributed by atoms with E-state index >= 15 is 0 Å². The molecule has 3 heterocycles. The maximum absolute atomic E-state index is 12.7. The van der Waals surface area contributed by atoms with Gasteiger partial charge in [-0.2, -0.15) is 0 Å². The normalized spacial score (nSPS) is 19.4. The average Bonchev–Trinajstić information content (AvgIpc) is 3.24. The fourth-order valence-corrected chi connectivity index (χ4v) is 4.27. The maximum atomic E-state index is 12.7. The summed E-state index contributed by atoms with van der Waals surface area (Å²) in [6, 6.07) is 7.97. The highest BCUT2D eigenvalue weighted by Gasteiger charge is 2.31. The summed E-state index contributed by atoms with van der Waals surface area (Å²) in [5.41, 5.74) is 3.29. The van der Waals surface area contributed by atoms with E-state index in [1.807, 2.05) is 38.1 Å². The largest absolute Gasteiger partial charge is 0.462 e. The van der Waals surface area contributed by atoms with Gasteiger partial charge in [-0.05, 0) is 51.4 Å². The molecule has 0 aliphatic carbocycles. The van der Waals surface area contributed by atoms with Gasteiger partial charge in [-0.3, -0.25) is 9.88 Å². The quantitative estimate of drug-likeness (QED) is 0.737. The second-order valence-electron chi connectivity index (χ2n) is 7.52. The molecule has 1 aromatic heterocycles. The van der Waals surface area contributed by atoms with Crippen molar-refractivity contribution in [2.75, 3.05) is 32.9 Å². The van der Waals surface area contributed by atoms with Gasteiger partial charge in [-0.1, -0.05) is 18.2 Å². The Bertz CT molecular complexity index is 840. The van der Waals surface area contributed by atoms with Gasteiger partial charge in [0.25, 0.3) is 0 Å². The number of likely N-dealkylation sites (tertiary alicyclic amines) is 1. The Morgan fingerprint density at radius 2 is 1.93 bits per heavy atom. The van der Waals surface area contributed by atoms with Crippen LogP contribution in [0.15, 0.2) is 24.3 Å². The summed E-state index contributed by atoms with van der Waals surface area (Å²) in [6.45, 7) is 8.13. The topological polar surface area (TPSA) is 60.9 Å². The van der Waals surface area contributed by atoms with Gasteiger partial charge < -0.3 is 14.2 Å². The summed E-state index contributed by atoms with van der Waals surface area (Å²) >= 11 is 0. The van der Waals surface area contributed by atoms with E-state index in [0.717, 1.165) is 48.1 Å². The highest BCUT2D eigenvalue weighted by molar-refractivity contribution is 5.98. The zero-order valence-electron chi connectivity index (χ0n) is 16.6. The molecule has 2 aromatic rings. The van der Waals surface area contributed by atoms with Crippen molar-refractivity contribution in [2.24, 2.45) is 5.92 Å². The van der Waals surface area contributed by atoms with Crippen molar-refractivity contribution >= 4 is 16.9 Å². The number of hydrogen-bond donors (Lipinski definition) is 0. The number of aryl methyl sites for hydroxylation is 1. The van der Waals surface area contributed by atoms with E-state index in [0.29, 0.717) is 37.8 Å². The number of aromatic nitrogens is 1. The van der Waals surface area contributed by atoms with Crippen LogP contribution >= 0.6 is 0 Å². The van der Waals surface area contributed by atoms with Crippen LogP contribution in [0, 0.1) is 12.8 Å². The fraction of sp³-hybridized carbons (Fsp3) is 0.545. The molecule has 0 atom stereocenters. The van der Waals surface area contributed by atoms with E-state index in [2.05, 4.69) is 4.90 Å². The van der Waals surface area contributed by atoms with Crippen LogP contribution in [0.4, 0.5) is 0 Å². The van der Waals surface area contributed by atoms with Gasteiger partial charge in [0.2, 0.25) is 0 Å². The minimum absolute atomic E-state index is 0.0433. The number of para-hydroxylation sites is 1. The summed E-state index contributed by atoms with van der Waals surface area (Å²) in [6.07, 6.45) is 2.02. The Balaban J connectivity index is 1.55. The molecule has 0 saturated carbocycles.